The number of ether oxygens (including phenoxy) is 2. The van der Waals surface area contributed by atoms with Gasteiger partial charge in [-0.15, -0.1) is 13.2 Å². The van der Waals surface area contributed by atoms with Gasteiger partial charge in [-0.1, -0.05) is 12.1 Å². The molecule has 0 saturated carbocycles. The maximum atomic E-state index is 12.1. The van der Waals surface area contributed by atoms with Crippen molar-refractivity contribution in [2.24, 2.45) is 0 Å². The number of rotatable bonds is 2. The average Bonchev–Trinajstić information content (AvgIpc) is 2.28. The van der Waals surface area contributed by atoms with E-state index in [2.05, 4.69) is 9.47 Å². The number of amides is 1. The predicted octanol–water partition coefficient (Wildman–Crippen LogP) is 1.70. The molecule has 0 saturated heterocycles. The second-order valence-electron chi connectivity index (χ2n) is 2.99. The van der Waals surface area contributed by atoms with Gasteiger partial charge < -0.3 is 14.8 Å². The smallest absolute Gasteiger partial charge is 0.462 e. The molecule has 1 N–H and O–H groups in total. The minimum atomic E-state index is -4.90. The van der Waals surface area contributed by atoms with Gasteiger partial charge in [-0.05, 0) is 12.1 Å². The number of carbonyl (C=O) groups excluding carboxylic acids is 2. The fraction of sp³-hybridized carbons (Fsp3) is 0.200. The molecule has 0 radical (unpaired) electrons. The molecule has 98 valence electrons. The molecular formula is C10H8F3NO4. The first-order valence-corrected chi connectivity index (χ1v) is 4.57. The molecule has 1 amide bonds. The molecule has 0 aliphatic carbocycles. The van der Waals surface area contributed by atoms with Gasteiger partial charge in [0, 0.05) is 0 Å². The molecule has 0 atom stereocenters. The summed E-state index contributed by atoms with van der Waals surface area (Å²) in [5.41, 5.74) is -0.287. The highest BCUT2D eigenvalue weighted by Gasteiger charge is 2.32. The molecule has 0 spiro atoms. The van der Waals surface area contributed by atoms with Gasteiger partial charge in [-0.25, -0.2) is 4.79 Å². The average molecular weight is 263 g/mol. The van der Waals surface area contributed by atoms with E-state index in [1.807, 2.05) is 5.32 Å². The summed E-state index contributed by atoms with van der Waals surface area (Å²) in [6, 6.07) is 4.81. The molecule has 0 heterocycles. The zero-order chi connectivity index (χ0) is 13.8. The third-order valence-electron chi connectivity index (χ3n) is 1.73. The minimum Gasteiger partial charge on any atom is -0.462 e. The van der Waals surface area contributed by atoms with Crippen LogP contribution >= 0.6 is 0 Å². The van der Waals surface area contributed by atoms with Crippen LogP contribution in [0.5, 0.6) is 5.75 Å². The maximum absolute atomic E-state index is 12.1. The summed E-state index contributed by atoms with van der Waals surface area (Å²) in [5.74, 6) is -3.05. The Labute approximate surface area is 99.5 Å². The summed E-state index contributed by atoms with van der Waals surface area (Å²) < 4.78 is 44.0. The van der Waals surface area contributed by atoms with E-state index in [9.17, 15) is 22.8 Å². The standard InChI is InChI=1S/C10H8F3NO4/c1-17-9(16)8(15)14-6-4-2-3-5-7(6)18-10(11,12)13/h2-5H,1H3,(H,14,15). The highest BCUT2D eigenvalue weighted by atomic mass is 19.4. The number of hydrogen-bond acceptors (Lipinski definition) is 4. The molecular weight excluding hydrogens is 255 g/mol. The number of hydrogen-bond donors (Lipinski definition) is 1. The van der Waals surface area contributed by atoms with E-state index in [4.69, 9.17) is 0 Å². The molecule has 0 unspecified atom stereocenters. The van der Waals surface area contributed by atoms with Gasteiger partial charge in [0.05, 0.1) is 12.8 Å². The van der Waals surface area contributed by atoms with E-state index in [-0.39, 0.29) is 5.69 Å². The van der Waals surface area contributed by atoms with E-state index in [0.29, 0.717) is 0 Å². The Bertz CT molecular complexity index is 459. The van der Waals surface area contributed by atoms with Crippen molar-refractivity contribution in [3.05, 3.63) is 24.3 Å². The number of halogens is 3. The molecule has 0 bridgehead atoms. The van der Waals surface area contributed by atoms with Gasteiger partial charge in [0.25, 0.3) is 0 Å². The monoisotopic (exact) mass is 263 g/mol. The summed E-state index contributed by atoms with van der Waals surface area (Å²) in [4.78, 5) is 22.0. The zero-order valence-electron chi connectivity index (χ0n) is 9.08. The van der Waals surface area contributed by atoms with E-state index in [1.54, 1.807) is 0 Å². The molecule has 0 fully saturated rings. The Kier molecular flexibility index (Phi) is 4.13. The third-order valence-corrected chi connectivity index (χ3v) is 1.73. The number of nitrogens with one attached hydrogen (secondary N) is 1. The van der Waals surface area contributed by atoms with Crippen LogP contribution in [0.15, 0.2) is 24.3 Å². The molecule has 1 aromatic rings. The fourth-order valence-corrected chi connectivity index (χ4v) is 1.05. The predicted molar refractivity (Wildman–Crippen MR) is 53.8 cm³/mol. The van der Waals surface area contributed by atoms with Crippen molar-refractivity contribution in [3.63, 3.8) is 0 Å². The van der Waals surface area contributed by atoms with Crippen LogP contribution in [0.2, 0.25) is 0 Å². The molecule has 1 rings (SSSR count). The van der Waals surface area contributed by atoms with E-state index >= 15 is 0 Å². The zero-order valence-corrected chi connectivity index (χ0v) is 9.08. The first-order valence-electron chi connectivity index (χ1n) is 4.57. The number of benzene rings is 1. The van der Waals surface area contributed by atoms with Gasteiger partial charge in [0.2, 0.25) is 0 Å². The summed E-state index contributed by atoms with van der Waals surface area (Å²) in [5, 5.41) is 1.95. The van der Waals surface area contributed by atoms with Crippen LogP contribution < -0.4 is 10.1 Å². The molecule has 5 nitrogen and oxygen atoms in total. The lowest BCUT2D eigenvalue weighted by Gasteiger charge is -2.13. The van der Waals surface area contributed by atoms with Crippen molar-refractivity contribution >= 4 is 17.6 Å². The Morgan fingerprint density at radius 2 is 1.83 bits per heavy atom. The second-order valence-corrected chi connectivity index (χ2v) is 2.99. The van der Waals surface area contributed by atoms with Crippen molar-refractivity contribution in [1.29, 1.82) is 0 Å². The van der Waals surface area contributed by atoms with Crippen molar-refractivity contribution < 1.29 is 32.2 Å². The first kappa shape index (κ1) is 13.8. The number of carbonyl (C=O) groups is 2. The van der Waals surface area contributed by atoms with E-state index in [1.165, 1.54) is 12.1 Å². The maximum Gasteiger partial charge on any atom is 0.573 e. The summed E-state index contributed by atoms with van der Waals surface area (Å²) in [6.07, 6.45) is -4.90. The van der Waals surface area contributed by atoms with Crippen molar-refractivity contribution in [1.82, 2.24) is 0 Å². The lowest BCUT2D eigenvalue weighted by atomic mass is 10.3. The van der Waals surface area contributed by atoms with Crippen LogP contribution in [0.3, 0.4) is 0 Å². The summed E-state index contributed by atoms with van der Waals surface area (Å²) in [6.45, 7) is 0. The van der Waals surface area contributed by atoms with Gasteiger partial charge in [-0.2, -0.15) is 0 Å². The van der Waals surface area contributed by atoms with Gasteiger partial charge in [0.1, 0.15) is 0 Å². The van der Waals surface area contributed by atoms with Crippen LogP contribution in [0, 0.1) is 0 Å². The van der Waals surface area contributed by atoms with Crippen LogP contribution in [0.4, 0.5) is 18.9 Å². The first-order chi connectivity index (χ1) is 8.33. The minimum absolute atomic E-state index is 0.287. The number of alkyl halides is 3. The largest absolute Gasteiger partial charge is 0.573 e. The molecule has 0 aromatic heterocycles. The number of para-hydroxylation sites is 2. The lowest BCUT2D eigenvalue weighted by molar-refractivity contribution is -0.274. The van der Waals surface area contributed by atoms with Gasteiger partial charge in [-0.3, -0.25) is 4.79 Å². The van der Waals surface area contributed by atoms with Gasteiger partial charge in [0.15, 0.2) is 5.75 Å². The second kappa shape index (κ2) is 5.39. The van der Waals surface area contributed by atoms with Gasteiger partial charge >= 0.3 is 18.2 Å². The van der Waals surface area contributed by atoms with Crippen molar-refractivity contribution in [2.45, 2.75) is 6.36 Å². The number of anilines is 1. The number of methoxy groups -OCH3 is 1. The fourth-order valence-electron chi connectivity index (χ4n) is 1.05. The molecule has 1 aromatic carbocycles. The van der Waals surface area contributed by atoms with Crippen molar-refractivity contribution in [2.75, 3.05) is 12.4 Å². The van der Waals surface area contributed by atoms with E-state index in [0.717, 1.165) is 19.2 Å². The van der Waals surface area contributed by atoms with E-state index < -0.39 is 24.0 Å². The normalized spacial score (nSPS) is 10.7. The third kappa shape index (κ3) is 3.96. The highest BCUT2D eigenvalue weighted by molar-refractivity contribution is 6.37. The molecule has 0 aliphatic rings. The lowest BCUT2D eigenvalue weighted by Crippen LogP contribution is -2.25. The molecule has 0 aliphatic heterocycles. The van der Waals surface area contributed by atoms with Crippen LogP contribution in [-0.2, 0) is 14.3 Å². The number of esters is 1. The van der Waals surface area contributed by atoms with Crippen LogP contribution in [0.1, 0.15) is 0 Å². The Morgan fingerprint density at radius 1 is 1.22 bits per heavy atom. The van der Waals surface area contributed by atoms with Crippen LogP contribution in [-0.4, -0.2) is 25.3 Å². The molecule has 8 heteroatoms. The Hall–Kier alpha value is -2.25. The molecule has 18 heavy (non-hydrogen) atoms. The summed E-state index contributed by atoms with van der Waals surface area (Å²) in [7, 11) is 0.972. The Balaban J connectivity index is 2.89. The highest BCUT2D eigenvalue weighted by Crippen LogP contribution is 2.29. The summed E-state index contributed by atoms with van der Waals surface area (Å²) >= 11 is 0. The SMILES string of the molecule is COC(=O)C(=O)Nc1ccccc1OC(F)(F)F. The van der Waals surface area contributed by atoms with Crippen molar-refractivity contribution in [3.8, 4) is 5.75 Å². The quantitative estimate of drug-likeness (QED) is 0.651. The van der Waals surface area contributed by atoms with Crippen LogP contribution in [0.25, 0.3) is 0 Å². The Morgan fingerprint density at radius 3 is 2.39 bits per heavy atom. The topological polar surface area (TPSA) is 64.6 Å².